The van der Waals surface area contributed by atoms with Crippen molar-refractivity contribution in [2.45, 2.75) is 59.4 Å². The number of nitrogens with one attached hydrogen (secondary N) is 1. The van der Waals surface area contributed by atoms with Crippen molar-refractivity contribution < 1.29 is 0 Å². The van der Waals surface area contributed by atoms with Gasteiger partial charge in [-0.1, -0.05) is 13.8 Å². The smallest absolute Gasteiger partial charge is 0.108 e. The lowest BCUT2D eigenvalue weighted by Crippen LogP contribution is -2.38. The maximum Gasteiger partial charge on any atom is 0.108 e. The number of nitrogens with zero attached hydrogens (tertiary/aromatic N) is 2. The van der Waals surface area contributed by atoms with E-state index < -0.39 is 0 Å². The summed E-state index contributed by atoms with van der Waals surface area (Å²) in [6, 6.07) is 0. The van der Waals surface area contributed by atoms with E-state index in [1.54, 1.807) is 0 Å². The lowest BCUT2D eigenvalue weighted by molar-refractivity contribution is 0.282. The van der Waals surface area contributed by atoms with Crippen LogP contribution in [0.5, 0.6) is 0 Å². The molecule has 0 radical (unpaired) electrons. The largest absolute Gasteiger partial charge is 0.338 e. The van der Waals surface area contributed by atoms with Gasteiger partial charge in [-0.2, -0.15) is 0 Å². The fourth-order valence-corrected chi connectivity index (χ4v) is 1.99. The van der Waals surface area contributed by atoms with Crippen molar-refractivity contribution in [3.05, 3.63) is 18.2 Å². The summed E-state index contributed by atoms with van der Waals surface area (Å²) in [4.78, 5) is 4.39. The number of hydrogen-bond donors (Lipinski definition) is 1. The van der Waals surface area contributed by atoms with Crippen LogP contribution < -0.4 is 5.32 Å². The topological polar surface area (TPSA) is 29.9 Å². The van der Waals surface area contributed by atoms with Gasteiger partial charge in [0.25, 0.3) is 0 Å². The van der Waals surface area contributed by atoms with Gasteiger partial charge in [0.2, 0.25) is 0 Å². The minimum atomic E-state index is 0.218. The Morgan fingerprint density at radius 1 is 1.17 bits per heavy atom. The summed E-state index contributed by atoms with van der Waals surface area (Å²) in [5, 5.41) is 3.56. The van der Waals surface area contributed by atoms with E-state index in [-0.39, 0.29) is 5.54 Å². The zero-order valence-corrected chi connectivity index (χ0v) is 12.9. The molecule has 0 aliphatic rings. The van der Waals surface area contributed by atoms with Crippen LogP contribution in [-0.4, -0.2) is 21.6 Å². The molecule has 0 saturated heterocycles. The molecule has 1 heterocycles. The third kappa shape index (κ3) is 5.67. The summed E-state index contributed by atoms with van der Waals surface area (Å²) in [5.74, 6) is 1.19. The molecule has 1 aromatic heterocycles. The van der Waals surface area contributed by atoms with Crippen molar-refractivity contribution in [1.82, 2.24) is 14.9 Å². The lowest BCUT2D eigenvalue weighted by atomic mass is 9.84. The monoisotopic (exact) mass is 251 g/mol. The molecule has 3 heteroatoms. The maximum atomic E-state index is 4.39. The number of hydrogen-bond acceptors (Lipinski definition) is 2. The number of aryl methyl sites for hydroxylation is 2. The minimum absolute atomic E-state index is 0.218. The number of aromatic nitrogens is 2. The molecular formula is C15H29N3. The van der Waals surface area contributed by atoms with Crippen LogP contribution in [0, 0.1) is 5.41 Å². The summed E-state index contributed by atoms with van der Waals surface area (Å²) in [7, 11) is 2.07. The Balaban J connectivity index is 2.33. The van der Waals surface area contributed by atoms with Gasteiger partial charge >= 0.3 is 0 Å². The van der Waals surface area contributed by atoms with E-state index in [2.05, 4.69) is 56.5 Å². The third-order valence-corrected chi connectivity index (χ3v) is 3.40. The van der Waals surface area contributed by atoms with E-state index in [0.29, 0.717) is 5.41 Å². The van der Waals surface area contributed by atoms with Gasteiger partial charge in [-0.3, -0.25) is 0 Å². The van der Waals surface area contributed by atoms with Crippen LogP contribution in [-0.2, 0) is 13.5 Å². The number of rotatable bonds is 6. The third-order valence-electron chi connectivity index (χ3n) is 3.40. The van der Waals surface area contributed by atoms with Crippen molar-refractivity contribution >= 4 is 0 Å². The first-order valence-electron chi connectivity index (χ1n) is 6.91. The molecule has 0 bridgehead atoms. The van der Waals surface area contributed by atoms with E-state index in [0.717, 1.165) is 13.0 Å². The molecular weight excluding hydrogens is 222 g/mol. The first-order chi connectivity index (χ1) is 8.20. The van der Waals surface area contributed by atoms with Crippen LogP contribution in [0.3, 0.4) is 0 Å². The molecule has 104 valence electrons. The zero-order valence-electron chi connectivity index (χ0n) is 12.9. The van der Waals surface area contributed by atoms with Gasteiger partial charge in [0, 0.05) is 31.4 Å². The van der Waals surface area contributed by atoms with Gasteiger partial charge < -0.3 is 9.88 Å². The molecule has 0 aliphatic heterocycles. The predicted octanol–water partition coefficient (Wildman–Crippen LogP) is 3.16. The van der Waals surface area contributed by atoms with Crippen molar-refractivity contribution in [2.75, 3.05) is 6.54 Å². The molecule has 1 rings (SSSR count). The molecule has 0 saturated carbocycles. The van der Waals surface area contributed by atoms with Gasteiger partial charge in [0.1, 0.15) is 5.82 Å². The first-order valence-corrected chi connectivity index (χ1v) is 6.91. The quantitative estimate of drug-likeness (QED) is 0.841. The van der Waals surface area contributed by atoms with Crippen molar-refractivity contribution in [3.63, 3.8) is 0 Å². The Morgan fingerprint density at radius 2 is 1.83 bits per heavy atom. The second-order valence-electron chi connectivity index (χ2n) is 7.05. The molecule has 0 aliphatic carbocycles. The van der Waals surface area contributed by atoms with E-state index in [1.807, 2.05) is 12.4 Å². The van der Waals surface area contributed by atoms with Gasteiger partial charge in [-0.05, 0) is 45.6 Å². The molecule has 1 aromatic rings. The second-order valence-corrected chi connectivity index (χ2v) is 7.05. The Morgan fingerprint density at radius 3 is 2.33 bits per heavy atom. The Bertz CT molecular complexity index is 358. The molecule has 1 N–H and O–H groups in total. The normalized spacial score (nSPS) is 13.0. The van der Waals surface area contributed by atoms with Gasteiger partial charge in [0.15, 0.2) is 0 Å². The van der Waals surface area contributed by atoms with Crippen LogP contribution in [0.4, 0.5) is 0 Å². The Labute approximate surface area is 112 Å². The van der Waals surface area contributed by atoms with Crippen molar-refractivity contribution in [1.29, 1.82) is 0 Å². The molecule has 18 heavy (non-hydrogen) atoms. The number of imidazole rings is 1. The van der Waals surface area contributed by atoms with E-state index in [9.17, 15) is 0 Å². The van der Waals surface area contributed by atoms with Gasteiger partial charge in [0.05, 0.1) is 0 Å². The SMILES string of the molecule is Cn1ccnc1CCC(C)(C)CCNC(C)(C)C. The highest BCUT2D eigenvalue weighted by atomic mass is 15.0. The molecule has 0 aromatic carbocycles. The highest BCUT2D eigenvalue weighted by Gasteiger charge is 2.19. The van der Waals surface area contributed by atoms with Gasteiger partial charge in [-0.15, -0.1) is 0 Å². The van der Waals surface area contributed by atoms with E-state index >= 15 is 0 Å². The highest BCUT2D eigenvalue weighted by Crippen LogP contribution is 2.26. The van der Waals surface area contributed by atoms with Crippen LogP contribution in [0.2, 0.25) is 0 Å². The molecule has 3 nitrogen and oxygen atoms in total. The van der Waals surface area contributed by atoms with E-state index in [4.69, 9.17) is 0 Å². The van der Waals surface area contributed by atoms with Crippen LogP contribution >= 0.6 is 0 Å². The average Bonchev–Trinajstić information content (AvgIpc) is 2.59. The molecule has 0 amide bonds. The summed E-state index contributed by atoms with van der Waals surface area (Å²) in [6.07, 6.45) is 7.34. The molecule has 0 spiro atoms. The van der Waals surface area contributed by atoms with Crippen molar-refractivity contribution in [2.24, 2.45) is 12.5 Å². The lowest BCUT2D eigenvalue weighted by Gasteiger charge is -2.28. The minimum Gasteiger partial charge on any atom is -0.338 e. The maximum absolute atomic E-state index is 4.39. The van der Waals surface area contributed by atoms with Crippen LogP contribution in [0.15, 0.2) is 12.4 Å². The molecule has 0 unspecified atom stereocenters. The molecule has 0 fully saturated rings. The molecule has 0 atom stereocenters. The summed E-state index contributed by atoms with van der Waals surface area (Å²) < 4.78 is 2.11. The Kier molecular flexibility index (Phi) is 4.97. The summed E-state index contributed by atoms with van der Waals surface area (Å²) in [5.41, 5.74) is 0.583. The summed E-state index contributed by atoms with van der Waals surface area (Å²) >= 11 is 0. The first kappa shape index (κ1) is 15.2. The van der Waals surface area contributed by atoms with E-state index in [1.165, 1.54) is 18.7 Å². The average molecular weight is 251 g/mol. The zero-order chi connectivity index (χ0) is 13.8. The fourth-order valence-electron chi connectivity index (χ4n) is 1.99. The highest BCUT2D eigenvalue weighted by molar-refractivity contribution is 4.92. The second kappa shape index (κ2) is 5.87. The van der Waals surface area contributed by atoms with Gasteiger partial charge in [-0.25, -0.2) is 4.98 Å². The van der Waals surface area contributed by atoms with Crippen LogP contribution in [0.1, 0.15) is 53.3 Å². The van der Waals surface area contributed by atoms with Crippen LogP contribution in [0.25, 0.3) is 0 Å². The standard InChI is InChI=1S/C15H29N3/c1-14(2,3)17-10-9-15(4,5)8-7-13-16-11-12-18(13)6/h11-12,17H,7-10H2,1-6H3. The van der Waals surface area contributed by atoms with Crippen molar-refractivity contribution in [3.8, 4) is 0 Å². The Hall–Kier alpha value is -0.830. The predicted molar refractivity (Wildman–Crippen MR) is 77.7 cm³/mol. The fraction of sp³-hybridized carbons (Fsp3) is 0.800. The summed E-state index contributed by atoms with van der Waals surface area (Å²) in [6.45, 7) is 12.4.